The Bertz CT molecular complexity index is 731. The number of morpholine rings is 1. The first-order valence-corrected chi connectivity index (χ1v) is 8.20. The van der Waals surface area contributed by atoms with Crippen LogP contribution in [0.2, 0.25) is 0 Å². The van der Waals surface area contributed by atoms with Crippen molar-refractivity contribution in [3.63, 3.8) is 0 Å². The second-order valence-corrected chi connectivity index (χ2v) is 5.82. The van der Waals surface area contributed by atoms with Crippen LogP contribution in [0.4, 0.5) is 0 Å². The standard InChI is InChI=1S/C17H20N4O4/c1-2-4-12-7-13(25-21-12)9-19-17(23)16-15(20-14(22)10-24-16)11-5-3-6-18-8-11/h3,5-8,15-16H,2,4,9-10H2,1H3,(H,19,23)(H,20,22)/t15-,16+/m1/s1. The first-order chi connectivity index (χ1) is 12.2. The van der Waals surface area contributed by atoms with Crippen molar-refractivity contribution in [2.24, 2.45) is 0 Å². The fourth-order valence-electron chi connectivity index (χ4n) is 2.69. The van der Waals surface area contributed by atoms with Gasteiger partial charge in [-0.05, 0) is 18.1 Å². The van der Waals surface area contributed by atoms with Crippen molar-refractivity contribution in [1.82, 2.24) is 20.8 Å². The number of carbonyl (C=O) groups excluding carboxylic acids is 2. The quantitative estimate of drug-likeness (QED) is 0.806. The molecule has 0 bridgehead atoms. The number of aromatic nitrogens is 2. The Hall–Kier alpha value is -2.74. The molecular formula is C17H20N4O4. The largest absolute Gasteiger partial charge is 0.359 e. The van der Waals surface area contributed by atoms with Crippen molar-refractivity contribution in [3.8, 4) is 0 Å². The molecule has 1 fully saturated rings. The van der Waals surface area contributed by atoms with Crippen LogP contribution in [-0.4, -0.2) is 34.7 Å². The zero-order valence-corrected chi connectivity index (χ0v) is 13.9. The highest BCUT2D eigenvalue weighted by atomic mass is 16.5. The Morgan fingerprint density at radius 2 is 2.36 bits per heavy atom. The van der Waals surface area contributed by atoms with E-state index in [9.17, 15) is 9.59 Å². The number of amides is 2. The van der Waals surface area contributed by atoms with Gasteiger partial charge in [0.15, 0.2) is 11.9 Å². The molecule has 0 saturated carbocycles. The van der Waals surface area contributed by atoms with E-state index < -0.39 is 12.1 Å². The molecule has 1 aliphatic rings. The second-order valence-electron chi connectivity index (χ2n) is 5.82. The van der Waals surface area contributed by atoms with Crippen molar-refractivity contribution in [3.05, 3.63) is 47.6 Å². The van der Waals surface area contributed by atoms with Crippen molar-refractivity contribution in [2.75, 3.05) is 6.61 Å². The summed E-state index contributed by atoms with van der Waals surface area (Å²) in [6, 6.07) is 4.78. The number of nitrogens with zero attached hydrogens (tertiary/aromatic N) is 2. The second kappa shape index (κ2) is 7.89. The van der Waals surface area contributed by atoms with Crippen LogP contribution < -0.4 is 10.6 Å². The van der Waals surface area contributed by atoms with Gasteiger partial charge in [-0.15, -0.1) is 0 Å². The highest BCUT2D eigenvalue weighted by Gasteiger charge is 2.36. The van der Waals surface area contributed by atoms with E-state index in [0.29, 0.717) is 11.3 Å². The summed E-state index contributed by atoms with van der Waals surface area (Å²) in [5, 5.41) is 9.50. The highest BCUT2D eigenvalue weighted by molar-refractivity contribution is 5.86. The number of rotatable bonds is 6. The van der Waals surface area contributed by atoms with Gasteiger partial charge in [-0.1, -0.05) is 24.6 Å². The van der Waals surface area contributed by atoms with E-state index in [1.165, 1.54) is 0 Å². The number of aryl methyl sites for hydroxylation is 1. The van der Waals surface area contributed by atoms with Gasteiger partial charge in [-0.3, -0.25) is 14.6 Å². The number of carbonyl (C=O) groups is 2. The first-order valence-electron chi connectivity index (χ1n) is 8.20. The summed E-state index contributed by atoms with van der Waals surface area (Å²) in [7, 11) is 0. The van der Waals surface area contributed by atoms with Gasteiger partial charge >= 0.3 is 0 Å². The molecule has 2 aromatic heterocycles. The molecule has 2 aromatic rings. The van der Waals surface area contributed by atoms with Crippen molar-refractivity contribution < 1.29 is 18.8 Å². The summed E-state index contributed by atoms with van der Waals surface area (Å²) < 4.78 is 10.7. The fourth-order valence-corrected chi connectivity index (χ4v) is 2.69. The lowest BCUT2D eigenvalue weighted by Gasteiger charge is -2.31. The number of nitrogens with one attached hydrogen (secondary N) is 2. The first kappa shape index (κ1) is 17.1. The number of hydrogen-bond donors (Lipinski definition) is 2. The lowest BCUT2D eigenvalue weighted by molar-refractivity contribution is -0.148. The molecule has 1 saturated heterocycles. The molecule has 0 spiro atoms. The van der Waals surface area contributed by atoms with E-state index in [-0.39, 0.29) is 25.0 Å². The van der Waals surface area contributed by atoms with Gasteiger partial charge in [0.05, 0.1) is 18.3 Å². The average molecular weight is 344 g/mol. The number of ether oxygens (including phenoxy) is 1. The zero-order valence-electron chi connectivity index (χ0n) is 13.9. The molecule has 2 atom stereocenters. The van der Waals surface area contributed by atoms with Gasteiger partial charge in [0.2, 0.25) is 5.91 Å². The summed E-state index contributed by atoms with van der Waals surface area (Å²) in [5.74, 6) is -0.0192. The van der Waals surface area contributed by atoms with Gasteiger partial charge in [0.1, 0.15) is 6.61 Å². The molecule has 2 amide bonds. The zero-order chi connectivity index (χ0) is 17.6. The van der Waals surface area contributed by atoms with E-state index in [0.717, 1.165) is 18.5 Å². The molecule has 3 heterocycles. The van der Waals surface area contributed by atoms with Crippen molar-refractivity contribution in [1.29, 1.82) is 0 Å². The van der Waals surface area contributed by atoms with Crippen LogP contribution in [0.1, 0.15) is 36.4 Å². The van der Waals surface area contributed by atoms with E-state index in [4.69, 9.17) is 9.26 Å². The maximum Gasteiger partial charge on any atom is 0.252 e. The van der Waals surface area contributed by atoms with Crippen LogP contribution >= 0.6 is 0 Å². The molecule has 0 radical (unpaired) electrons. The normalized spacial score (nSPS) is 20.1. The third-order valence-corrected chi connectivity index (χ3v) is 3.87. The van der Waals surface area contributed by atoms with E-state index >= 15 is 0 Å². The highest BCUT2D eigenvalue weighted by Crippen LogP contribution is 2.22. The number of hydrogen-bond acceptors (Lipinski definition) is 6. The van der Waals surface area contributed by atoms with Gasteiger partial charge in [0, 0.05) is 18.5 Å². The summed E-state index contributed by atoms with van der Waals surface area (Å²) in [5.41, 5.74) is 1.57. The Morgan fingerprint density at radius 1 is 1.48 bits per heavy atom. The maximum absolute atomic E-state index is 12.5. The minimum absolute atomic E-state index is 0.155. The van der Waals surface area contributed by atoms with Crippen LogP contribution in [-0.2, 0) is 27.3 Å². The summed E-state index contributed by atoms with van der Waals surface area (Å²) in [6.07, 6.45) is 4.20. The van der Waals surface area contributed by atoms with Gasteiger partial charge < -0.3 is 19.9 Å². The van der Waals surface area contributed by atoms with Crippen molar-refractivity contribution in [2.45, 2.75) is 38.5 Å². The molecule has 0 aliphatic carbocycles. The monoisotopic (exact) mass is 344 g/mol. The van der Waals surface area contributed by atoms with E-state index in [1.807, 2.05) is 6.07 Å². The molecule has 2 N–H and O–H groups in total. The Kier molecular flexibility index (Phi) is 5.39. The summed E-state index contributed by atoms with van der Waals surface area (Å²) >= 11 is 0. The lowest BCUT2D eigenvalue weighted by atomic mass is 10.0. The molecule has 0 unspecified atom stereocenters. The molecule has 132 valence electrons. The molecule has 8 nitrogen and oxygen atoms in total. The average Bonchev–Trinajstić information content (AvgIpc) is 3.08. The number of pyridine rings is 1. The molecule has 1 aliphatic heterocycles. The SMILES string of the molecule is CCCc1cc(CNC(=O)[C@H]2OCC(=O)N[C@@H]2c2cccnc2)on1. The van der Waals surface area contributed by atoms with Crippen molar-refractivity contribution >= 4 is 11.8 Å². The molecule has 0 aromatic carbocycles. The van der Waals surface area contributed by atoms with E-state index in [2.05, 4.69) is 27.7 Å². The molecule has 3 rings (SSSR count). The van der Waals surface area contributed by atoms with Crippen LogP contribution in [0, 0.1) is 0 Å². The van der Waals surface area contributed by atoms with Gasteiger partial charge in [-0.2, -0.15) is 0 Å². The third-order valence-electron chi connectivity index (χ3n) is 3.87. The van der Waals surface area contributed by atoms with Crippen LogP contribution in [0.3, 0.4) is 0 Å². The topological polar surface area (TPSA) is 106 Å². The summed E-state index contributed by atoms with van der Waals surface area (Å²) in [6.45, 7) is 2.12. The minimum atomic E-state index is -0.833. The predicted molar refractivity (Wildman–Crippen MR) is 87.2 cm³/mol. The Morgan fingerprint density at radius 3 is 3.12 bits per heavy atom. The Balaban J connectivity index is 1.65. The Labute approximate surface area is 144 Å². The third kappa shape index (κ3) is 4.21. The van der Waals surface area contributed by atoms with Gasteiger partial charge in [0.25, 0.3) is 5.91 Å². The molecule has 8 heteroatoms. The smallest absolute Gasteiger partial charge is 0.252 e. The summed E-state index contributed by atoms with van der Waals surface area (Å²) in [4.78, 5) is 28.2. The maximum atomic E-state index is 12.5. The molecule has 25 heavy (non-hydrogen) atoms. The predicted octanol–water partition coefficient (Wildman–Crippen LogP) is 0.895. The van der Waals surface area contributed by atoms with Crippen LogP contribution in [0.25, 0.3) is 0 Å². The van der Waals surface area contributed by atoms with E-state index in [1.54, 1.807) is 24.5 Å². The minimum Gasteiger partial charge on any atom is -0.359 e. The van der Waals surface area contributed by atoms with Crippen LogP contribution in [0.15, 0.2) is 35.1 Å². The molecular weight excluding hydrogens is 324 g/mol. The lowest BCUT2D eigenvalue weighted by Crippen LogP contribution is -2.52. The van der Waals surface area contributed by atoms with Crippen LogP contribution in [0.5, 0.6) is 0 Å². The van der Waals surface area contributed by atoms with Gasteiger partial charge in [-0.25, -0.2) is 0 Å². The fraction of sp³-hybridized carbons (Fsp3) is 0.412.